The summed E-state index contributed by atoms with van der Waals surface area (Å²) in [4.78, 5) is 10.4. The molecule has 2 heterocycles. The summed E-state index contributed by atoms with van der Waals surface area (Å²) in [5, 5.41) is 18.7. The van der Waals surface area contributed by atoms with E-state index in [1.54, 1.807) is 13.0 Å². The number of nitro benzene ring substituents is 1. The molecule has 0 amide bonds. The van der Waals surface area contributed by atoms with Gasteiger partial charge in [0.05, 0.1) is 16.7 Å². The molecule has 2 aromatic heterocycles. The fourth-order valence-corrected chi connectivity index (χ4v) is 2.67. The molecule has 0 aliphatic heterocycles. The first-order valence-corrected chi connectivity index (χ1v) is 7.55. The molecule has 0 fully saturated rings. The Morgan fingerprint density at radius 1 is 1.32 bits per heavy atom. The van der Waals surface area contributed by atoms with Gasteiger partial charge in [0.1, 0.15) is 5.76 Å². The van der Waals surface area contributed by atoms with Crippen LogP contribution in [-0.4, -0.2) is 21.7 Å². The van der Waals surface area contributed by atoms with Crippen LogP contribution in [0.15, 0.2) is 49.5 Å². The number of ether oxygens (including phenoxy) is 1. The lowest BCUT2D eigenvalue weighted by Gasteiger charge is -2.06. The number of aryl methyl sites for hydroxylation is 1. The van der Waals surface area contributed by atoms with Gasteiger partial charge in [-0.05, 0) is 30.8 Å². The van der Waals surface area contributed by atoms with Crippen molar-refractivity contribution in [2.45, 2.75) is 23.7 Å². The first-order chi connectivity index (χ1) is 11.9. The van der Waals surface area contributed by atoms with Crippen molar-refractivity contribution in [3.05, 3.63) is 46.4 Å². The van der Waals surface area contributed by atoms with Gasteiger partial charge in [-0.25, -0.2) is 0 Å². The summed E-state index contributed by atoms with van der Waals surface area (Å²) in [6.07, 6.45) is 1.48. The maximum atomic E-state index is 12.4. The lowest BCUT2D eigenvalue weighted by Crippen LogP contribution is -2.04. The van der Waals surface area contributed by atoms with Crippen molar-refractivity contribution < 1.29 is 27.3 Å². The summed E-state index contributed by atoms with van der Waals surface area (Å²) in [7, 11) is 0. The number of furan rings is 1. The van der Waals surface area contributed by atoms with Gasteiger partial charge in [-0.15, -0.1) is 10.2 Å². The zero-order chi connectivity index (χ0) is 18.0. The van der Waals surface area contributed by atoms with Crippen molar-refractivity contribution in [2.24, 2.45) is 0 Å². The molecule has 25 heavy (non-hydrogen) atoms. The van der Waals surface area contributed by atoms with Gasteiger partial charge in [-0.3, -0.25) is 10.1 Å². The Bertz CT molecular complexity index is 912. The Labute approximate surface area is 142 Å². The van der Waals surface area contributed by atoms with Crippen LogP contribution in [0.4, 0.5) is 14.5 Å². The fraction of sp³-hybridized carbons (Fsp3) is 0.143. The minimum atomic E-state index is -3.18. The highest BCUT2D eigenvalue weighted by molar-refractivity contribution is 7.99. The van der Waals surface area contributed by atoms with E-state index in [0.29, 0.717) is 16.2 Å². The average molecular weight is 369 g/mol. The largest absolute Gasteiger partial charge is 0.469 e. The molecule has 3 rings (SSSR count). The Hall–Kier alpha value is -2.95. The van der Waals surface area contributed by atoms with Gasteiger partial charge >= 0.3 is 12.3 Å². The van der Waals surface area contributed by atoms with Gasteiger partial charge in [0, 0.05) is 17.0 Å². The van der Waals surface area contributed by atoms with E-state index >= 15 is 0 Å². The summed E-state index contributed by atoms with van der Waals surface area (Å²) in [5.74, 6) is 0.290. The number of benzene rings is 1. The van der Waals surface area contributed by atoms with E-state index in [4.69, 9.17) is 8.83 Å². The van der Waals surface area contributed by atoms with Crippen LogP contribution in [0, 0.1) is 17.0 Å². The van der Waals surface area contributed by atoms with E-state index in [2.05, 4.69) is 14.9 Å². The predicted molar refractivity (Wildman–Crippen MR) is 80.6 cm³/mol. The van der Waals surface area contributed by atoms with Crippen LogP contribution >= 0.6 is 11.8 Å². The second-order valence-electron chi connectivity index (χ2n) is 4.63. The van der Waals surface area contributed by atoms with Crippen LogP contribution in [0.3, 0.4) is 0 Å². The maximum Gasteiger partial charge on any atom is 0.387 e. The molecule has 0 unspecified atom stereocenters. The molecule has 0 bridgehead atoms. The fourth-order valence-electron chi connectivity index (χ4n) is 1.97. The monoisotopic (exact) mass is 369 g/mol. The lowest BCUT2D eigenvalue weighted by molar-refractivity contribution is -0.386. The second-order valence-corrected chi connectivity index (χ2v) is 5.66. The number of nitrogens with zero attached hydrogens (tertiary/aromatic N) is 3. The second kappa shape index (κ2) is 6.89. The maximum absolute atomic E-state index is 12.4. The molecule has 0 saturated heterocycles. The van der Waals surface area contributed by atoms with Crippen molar-refractivity contribution in [3.8, 4) is 17.2 Å². The molecular formula is C14H9F2N3O5S. The van der Waals surface area contributed by atoms with E-state index < -0.39 is 23.0 Å². The van der Waals surface area contributed by atoms with Crippen molar-refractivity contribution >= 4 is 17.4 Å². The summed E-state index contributed by atoms with van der Waals surface area (Å²) in [5.41, 5.74) is 0.0645. The van der Waals surface area contributed by atoms with E-state index in [1.165, 1.54) is 12.3 Å². The smallest absolute Gasteiger partial charge is 0.387 e. The van der Waals surface area contributed by atoms with Crippen LogP contribution in [0.25, 0.3) is 11.5 Å². The predicted octanol–water partition coefficient (Wildman–Crippen LogP) is 4.30. The quantitative estimate of drug-likeness (QED) is 0.468. The number of aromatic nitrogens is 2. The van der Waals surface area contributed by atoms with Gasteiger partial charge in [0.25, 0.3) is 11.1 Å². The van der Waals surface area contributed by atoms with Gasteiger partial charge < -0.3 is 13.6 Å². The zero-order valence-corrected chi connectivity index (χ0v) is 13.3. The first kappa shape index (κ1) is 16.9. The number of alkyl halides is 2. The van der Waals surface area contributed by atoms with E-state index in [0.717, 1.165) is 23.9 Å². The Kier molecular flexibility index (Phi) is 4.65. The van der Waals surface area contributed by atoms with Crippen LogP contribution in [0.1, 0.15) is 5.76 Å². The number of rotatable bonds is 6. The van der Waals surface area contributed by atoms with Crippen molar-refractivity contribution in [3.63, 3.8) is 0 Å². The molecule has 8 nitrogen and oxygen atoms in total. The van der Waals surface area contributed by atoms with E-state index in [-0.39, 0.29) is 11.1 Å². The molecular weight excluding hydrogens is 360 g/mol. The van der Waals surface area contributed by atoms with Crippen LogP contribution in [0.2, 0.25) is 0 Å². The van der Waals surface area contributed by atoms with Crippen molar-refractivity contribution in [2.75, 3.05) is 0 Å². The van der Waals surface area contributed by atoms with E-state index in [1.807, 2.05) is 0 Å². The minimum absolute atomic E-state index is 0.132. The van der Waals surface area contributed by atoms with Gasteiger partial charge in [0.15, 0.2) is 0 Å². The minimum Gasteiger partial charge on any atom is -0.469 e. The van der Waals surface area contributed by atoms with Crippen molar-refractivity contribution in [1.82, 2.24) is 10.2 Å². The Morgan fingerprint density at radius 2 is 2.12 bits per heavy atom. The molecule has 0 saturated carbocycles. The van der Waals surface area contributed by atoms with Crippen LogP contribution in [0.5, 0.6) is 5.75 Å². The number of hydrogen-bond donors (Lipinski definition) is 0. The summed E-state index contributed by atoms with van der Waals surface area (Å²) in [6, 6.07) is 5.21. The first-order valence-electron chi connectivity index (χ1n) is 6.73. The molecule has 0 radical (unpaired) electrons. The van der Waals surface area contributed by atoms with Gasteiger partial charge in [-0.1, -0.05) is 0 Å². The molecule has 11 heteroatoms. The summed E-state index contributed by atoms with van der Waals surface area (Å²) < 4.78 is 39.7. The third-order valence-electron chi connectivity index (χ3n) is 3.04. The molecule has 1 aromatic carbocycles. The number of hydrogen-bond acceptors (Lipinski definition) is 8. The highest BCUT2D eigenvalue weighted by atomic mass is 32.2. The molecule has 0 atom stereocenters. The molecule has 0 aliphatic rings. The van der Waals surface area contributed by atoms with Crippen LogP contribution < -0.4 is 4.74 Å². The highest BCUT2D eigenvalue weighted by Crippen LogP contribution is 2.36. The molecule has 3 aromatic rings. The third kappa shape index (κ3) is 3.76. The SMILES string of the molecule is Cc1occc1-c1nnc(Sc2ccc([N+](=O)[O-])c(OC(F)F)c2)o1. The molecule has 0 N–H and O–H groups in total. The highest BCUT2D eigenvalue weighted by Gasteiger charge is 2.20. The molecule has 130 valence electrons. The summed E-state index contributed by atoms with van der Waals surface area (Å²) >= 11 is 0.955. The third-order valence-corrected chi connectivity index (χ3v) is 3.87. The molecule has 0 spiro atoms. The van der Waals surface area contributed by atoms with Gasteiger partial charge in [0.2, 0.25) is 5.75 Å². The lowest BCUT2D eigenvalue weighted by atomic mass is 10.3. The Morgan fingerprint density at radius 3 is 2.76 bits per heavy atom. The molecule has 0 aliphatic carbocycles. The van der Waals surface area contributed by atoms with Gasteiger partial charge in [-0.2, -0.15) is 8.78 Å². The van der Waals surface area contributed by atoms with E-state index in [9.17, 15) is 18.9 Å². The van der Waals surface area contributed by atoms with Crippen LogP contribution in [-0.2, 0) is 0 Å². The number of halogens is 2. The number of nitro groups is 1. The standard InChI is InChI=1S/C14H9F2N3O5S/c1-7-9(4-5-22-7)12-17-18-14(24-12)25-8-2-3-10(19(20)21)11(6-8)23-13(15)16/h2-6,13H,1H3. The average Bonchev–Trinajstić information content (AvgIpc) is 3.15. The topological polar surface area (TPSA) is 104 Å². The Balaban J connectivity index is 1.84. The zero-order valence-electron chi connectivity index (χ0n) is 12.5. The van der Waals surface area contributed by atoms with Crippen molar-refractivity contribution in [1.29, 1.82) is 0 Å². The summed E-state index contributed by atoms with van der Waals surface area (Å²) in [6.45, 7) is -1.45. The normalized spacial score (nSPS) is 11.0.